The van der Waals surface area contributed by atoms with Crippen molar-refractivity contribution in [2.75, 3.05) is 13.7 Å². The second-order valence-electron chi connectivity index (χ2n) is 3.69. The number of sulfonamides is 1. The maximum absolute atomic E-state index is 12.1. The summed E-state index contributed by atoms with van der Waals surface area (Å²) < 4.78 is 25.3. The number of benzene rings is 1. The van der Waals surface area contributed by atoms with Gasteiger partial charge in [0.1, 0.15) is 0 Å². The normalized spacial score (nSPS) is 13.4. The molecule has 6 heteroatoms. The van der Waals surface area contributed by atoms with Crippen molar-refractivity contribution in [3.8, 4) is 6.07 Å². The van der Waals surface area contributed by atoms with Crippen LogP contribution in [0.4, 0.5) is 0 Å². The lowest BCUT2D eigenvalue weighted by molar-refractivity contribution is 0.214. The molecule has 17 heavy (non-hydrogen) atoms. The maximum Gasteiger partial charge on any atom is 0.243 e. The number of nitriles is 1. The van der Waals surface area contributed by atoms with E-state index in [-0.39, 0.29) is 17.1 Å². The van der Waals surface area contributed by atoms with Crippen LogP contribution in [-0.2, 0) is 10.0 Å². The molecule has 0 aliphatic rings. The Kier molecular flexibility index (Phi) is 4.23. The molecule has 1 rings (SSSR count). The van der Waals surface area contributed by atoms with Gasteiger partial charge in [-0.1, -0.05) is 6.07 Å². The number of aliphatic hydroxyl groups is 1. The third-order valence-corrected chi connectivity index (χ3v) is 4.49. The predicted molar refractivity (Wildman–Crippen MR) is 62.7 cm³/mol. The van der Waals surface area contributed by atoms with E-state index >= 15 is 0 Å². The van der Waals surface area contributed by atoms with Crippen molar-refractivity contribution in [3.05, 3.63) is 29.8 Å². The van der Waals surface area contributed by atoms with E-state index in [1.54, 1.807) is 6.92 Å². The van der Waals surface area contributed by atoms with Crippen LogP contribution >= 0.6 is 0 Å². The summed E-state index contributed by atoms with van der Waals surface area (Å²) in [5.74, 6) is 0. The Balaban J connectivity index is 3.18. The molecule has 1 atom stereocenters. The Hall–Kier alpha value is -1.42. The number of likely N-dealkylation sites (N-methyl/N-ethyl adjacent to an activating group) is 1. The molecule has 0 heterocycles. The molecule has 0 aliphatic heterocycles. The van der Waals surface area contributed by atoms with Crippen LogP contribution in [0.1, 0.15) is 12.5 Å². The van der Waals surface area contributed by atoms with E-state index < -0.39 is 16.1 Å². The quantitative estimate of drug-likeness (QED) is 0.851. The van der Waals surface area contributed by atoms with Crippen molar-refractivity contribution >= 4 is 10.0 Å². The van der Waals surface area contributed by atoms with E-state index in [9.17, 15) is 8.42 Å². The molecule has 1 aromatic rings. The maximum atomic E-state index is 12.1. The van der Waals surface area contributed by atoms with Crippen LogP contribution in [0.25, 0.3) is 0 Å². The van der Waals surface area contributed by atoms with Crippen LogP contribution in [0.5, 0.6) is 0 Å². The van der Waals surface area contributed by atoms with Crippen molar-refractivity contribution in [1.29, 1.82) is 5.26 Å². The molecule has 0 saturated heterocycles. The summed E-state index contributed by atoms with van der Waals surface area (Å²) in [6, 6.07) is 7.18. The van der Waals surface area contributed by atoms with Gasteiger partial charge in [-0.2, -0.15) is 9.57 Å². The summed E-state index contributed by atoms with van der Waals surface area (Å²) in [5.41, 5.74) is 0.288. The lowest BCUT2D eigenvalue weighted by Gasteiger charge is -2.22. The largest absolute Gasteiger partial charge is 0.395 e. The van der Waals surface area contributed by atoms with Gasteiger partial charge < -0.3 is 5.11 Å². The van der Waals surface area contributed by atoms with Gasteiger partial charge in [0.15, 0.2) is 0 Å². The second kappa shape index (κ2) is 5.27. The Morgan fingerprint density at radius 3 is 2.71 bits per heavy atom. The first kappa shape index (κ1) is 13.6. The first-order chi connectivity index (χ1) is 7.93. The van der Waals surface area contributed by atoms with Crippen LogP contribution in [0.3, 0.4) is 0 Å². The van der Waals surface area contributed by atoms with Gasteiger partial charge in [-0.05, 0) is 25.1 Å². The SMILES string of the molecule is CC(CO)N(C)S(=O)(=O)c1cccc(C#N)c1. The Bertz CT molecular complexity index is 534. The summed E-state index contributed by atoms with van der Waals surface area (Å²) >= 11 is 0. The van der Waals surface area contributed by atoms with Crippen molar-refractivity contribution < 1.29 is 13.5 Å². The van der Waals surface area contributed by atoms with Crippen molar-refractivity contribution in [3.63, 3.8) is 0 Å². The van der Waals surface area contributed by atoms with Crippen molar-refractivity contribution in [2.45, 2.75) is 17.9 Å². The molecule has 0 aromatic heterocycles. The summed E-state index contributed by atoms with van der Waals surface area (Å²) in [7, 11) is -2.26. The second-order valence-corrected chi connectivity index (χ2v) is 5.69. The zero-order valence-electron chi connectivity index (χ0n) is 9.66. The molecule has 1 N–H and O–H groups in total. The zero-order chi connectivity index (χ0) is 13.1. The molecular weight excluding hydrogens is 240 g/mol. The fourth-order valence-electron chi connectivity index (χ4n) is 1.24. The van der Waals surface area contributed by atoms with Gasteiger partial charge >= 0.3 is 0 Å². The third kappa shape index (κ3) is 2.82. The highest BCUT2D eigenvalue weighted by Gasteiger charge is 2.24. The van der Waals surface area contributed by atoms with Crippen LogP contribution in [0.15, 0.2) is 29.2 Å². The van der Waals surface area contributed by atoms with Crippen molar-refractivity contribution in [1.82, 2.24) is 4.31 Å². The number of hydrogen-bond donors (Lipinski definition) is 1. The molecule has 1 aromatic carbocycles. The molecule has 92 valence electrons. The molecule has 1 unspecified atom stereocenters. The molecule has 0 spiro atoms. The first-order valence-electron chi connectivity index (χ1n) is 5.02. The van der Waals surface area contributed by atoms with Gasteiger partial charge in [0.25, 0.3) is 0 Å². The van der Waals surface area contributed by atoms with Gasteiger partial charge in [-0.25, -0.2) is 8.42 Å². The van der Waals surface area contributed by atoms with E-state index in [4.69, 9.17) is 10.4 Å². The van der Waals surface area contributed by atoms with Crippen LogP contribution < -0.4 is 0 Å². The number of rotatable bonds is 4. The molecule has 0 amide bonds. The number of nitrogens with zero attached hydrogens (tertiary/aromatic N) is 2. The molecule has 0 radical (unpaired) electrons. The smallest absolute Gasteiger partial charge is 0.243 e. The Morgan fingerprint density at radius 2 is 2.18 bits per heavy atom. The summed E-state index contributed by atoms with van der Waals surface area (Å²) in [4.78, 5) is 0.0550. The van der Waals surface area contributed by atoms with Gasteiger partial charge in [0.05, 0.1) is 23.1 Å². The van der Waals surface area contributed by atoms with Crippen LogP contribution in [0, 0.1) is 11.3 Å². The van der Waals surface area contributed by atoms with E-state index in [1.807, 2.05) is 6.07 Å². The fourth-order valence-corrected chi connectivity index (χ4v) is 2.64. The topological polar surface area (TPSA) is 81.4 Å². The minimum atomic E-state index is -3.66. The van der Waals surface area contributed by atoms with E-state index in [0.29, 0.717) is 0 Å². The number of hydrogen-bond acceptors (Lipinski definition) is 4. The lowest BCUT2D eigenvalue weighted by atomic mass is 10.2. The van der Waals surface area contributed by atoms with Gasteiger partial charge in [-0.3, -0.25) is 0 Å². The highest BCUT2D eigenvalue weighted by Crippen LogP contribution is 2.17. The Labute approximate surface area is 101 Å². The fraction of sp³-hybridized carbons (Fsp3) is 0.364. The monoisotopic (exact) mass is 254 g/mol. The van der Waals surface area contributed by atoms with E-state index in [0.717, 1.165) is 4.31 Å². The summed E-state index contributed by atoms with van der Waals surface area (Å²) in [6.45, 7) is 1.35. The minimum Gasteiger partial charge on any atom is -0.395 e. The Morgan fingerprint density at radius 1 is 1.53 bits per heavy atom. The van der Waals surface area contributed by atoms with Crippen molar-refractivity contribution in [2.24, 2.45) is 0 Å². The predicted octanol–water partition coefficient (Wildman–Crippen LogP) is 0.560. The molecule has 0 saturated carbocycles. The van der Waals surface area contributed by atoms with Crippen LogP contribution in [-0.4, -0.2) is 37.5 Å². The molecule has 0 bridgehead atoms. The van der Waals surface area contributed by atoms with Crippen LogP contribution in [0.2, 0.25) is 0 Å². The highest BCUT2D eigenvalue weighted by molar-refractivity contribution is 7.89. The van der Waals surface area contributed by atoms with E-state index in [1.165, 1.54) is 31.3 Å². The van der Waals surface area contributed by atoms with Gasteiger partial charge in [0.2, 0.25) is 10.0 Å². The first-order valence-corrected chi connectivity index (χ1v) is 6.46. The molecular formula is C11H14N2O3S. The van der Waals surface area contributed by atoms with Gasteiger partial charge in [0, 0.05) is 13.1 Å². The van der Waals surface area contributed by atoms with Gasteiger partial charge in [-0.15, -0.1) is 0 Å². The number of aliphatic hydroxyl groups excluding tert-OH is 1. The average Bonchev–Trinajstić information content (AvgIpc) is 2.36. The molecule has 0 aliphatic carbocycles. The zero-order valence-corrected chi connectivity index (χ0v) is 10.5. The standard InChI is InChI=1S/C11H14N2O3S/c1-9(8-14)13(2)17(15,16)11-5-3-4-10(6-11)7-12/h3-6,9,14H,8H2,1-2H3. The minimum absolute atomic E-state index is 0.0550. The summed E-state index contributed by atoms with van der Waals surface area (Å²) in [6.07, 6.45) is 0. The average molecular weight is 254 g/mol. The highest BCUT2D eigenvalue weighted by atomic mass is 32.2. The lowest BCUT2D eigenvalue weighted by Crippen LogP contribution is -2.37. The molecule has 5 nitrogen and oxygen atoms in total. The summed E-state index contributed by atoms with van der Waals surface area (Å²) in [5, 5.41) is 17.7. The third-order valence-electron chi connectivity index (χ3n) is 2.53. The van der Waals surface area contributed by atoms with E-state index in [2.05, 4.69) is 0 Å². The molecule has 0 fully saturated rings.